The Morgan fingerprint density at radius 1 is 1.04 bits per heavy atom. The van der Waals surface area contributed by atoms with E-state index in [2.05, 4.69) is 45.6 Å². The van der Waals surface area contributed by atoms with Gasteiger partial charge in [-0.25, -0.2) is 4.98 Å². The molecule has 4 aromatic rings. The molecule has 6 heteroatoms. The topological polar surface area (TPSA) is 47.0 Å². The van der Waals surface area contributed by atoms with E-state index in [-0.39, 0.29) is 5.41 Å². The number of anilines is 2. The van der Waals surface area contributed by atoms with E-state index in [4.69, 9.17) is 4.74 Å². The lowest BCUT2D eigenvalue weighted by Gasteiger charge is -2.38. The Balaban J connectivity index is 1.45. The fourth-order valence-electron chi connectivity index (χ4n) is 3.79. The van der Waals surface area contributed by atoms with Gasteiger partial charge in [-0.15, -0.1) is 23.1 Å². The summed E-state index contributed by atoms with van der Waals surface area (Å²) in [5.74, 6) is 1.11. The van der Waals surface area contributed by atoms with Crippen molar-refractivity contribution in [3.63, 3.8) is 0 Å². The molecule has 2 aromatic carbocycles. The number of rotatable bonds is 2. The van der Waals surface area contributed by atoms with Crippen molar-refractivity contribution in [2.75, 3.05) is 24.3 Å². The number of nitrogens with zero attached hydrogens (tertiary/aromatic N) is 2. The van der Waals surface area contributed by atoms with Gasteiger partial charge in [0, 0.05) is 33.6 Å². The number of hydrogen-bond donors (Lipinski definition) is 1. The summed E-state index contributed by atoms with van der Waals surface area (Å²) < 4.78 is 6.71. The van der Waals surface area contributed by atoms with Crippen molar-refractivity contribution in [1.82, 2.24) is 9.97 Å². The summed E-state index contributed by atoms with van der Waals surface area (Å²) in [5.41, 5.74) is 7.71. The first-order valence-electron chi connectivity index (χ1n) is 8.55. The number of hydrogen-bond acceptors (Lipinski definition) is 6. The summed E-state index contributed by atoms with van der Waals surface area (Å²) >= 11 is 3.60. The Bertz CT molecular complexity index is 1170. The molecule has 128 valence electrons. The van der Waals surface area contributed by atoms with Gasteiger partial charge in [0.25, 0.3) is 0 Å². The van der Waals surface area contributed by atoms with E-state index < -0.39 is 0 Å². The van der Waals surface area contributed by atoms with Gasteiger partial charge in [-0.1, -0.05) is 0 Å². The second-order valence-electron chi connectivity index (χ2n) is 6.95. The largest absolute Gasteiger partial charge is 0.379 e. The minimum Gasteiger partial charge on any atom is -0.379 e. The number of nitrogens with one attached hydrogen (secondary N) is 1. The molecule has 1 saturated heterocycles. The Morgan fingerprint density at radius 2 is 2.00 bits per heavy atom. The van der Waals surface area contributed by atoms with Crippen molar-refractivity contribution < 1.29 is 4.74 Å². The average Bonchev–Trinajstić information content (AvgIpc) is 3.23. The third-order valence-corrected chi connectivity index (χ3v) is 7.44. The van der Waals surface area contributed by atoms with Crippen LogP contribution in [0.4, 0.5) is 11.4 Å². The summed E-state index contributed by atoms with van der Waals surface area (Å²) in [6.07, 6.45) is 1.88. The molecule has 0 amide bonds. The molecule has 0 bridgehead atoms. The molecule has 2 aliphatic heterocycles. The van der Waals surface area contributed by atoms with Crippen molar-refractivity contribution in [3.8, 4) is 0 Å². The first kappa shape index (κ1) is 15.0. The van der Waals surface area contributed by atoms with Crippen LogP contribution in [-0.4, -0.2) is 28.9 Å². The summed E-state index contributed by atoms with van der Waals surface area (Å²) in [4.78, 5) is 10.4. The predicted molar refractivity (Wildman–Crippen MR) is 108 cm³/mol. The molecule has 6 rings (SSSR count). The van der Waals surface area contributed by atoms with E-state index in [0.717, 1.165) is 46.8 Å². The minimum atomic E-state index is 0.217. The standard InChI is InChI=1S/C20H15N3OS2/c1-2-18-17(22-11-26-18)5-12(1)23-15-3-4-21-16-7-14-19(6-13(15)16)25-10-20(14)8-24-9-20/h1-7,11H,8-10H2,(H,21,23). The molecular weight excluding hydrogens is 362 g/mol. The lowest BCUT2D eigenvalue weighted by Crippen LogP contribution is -2.46. The van der Waals surface area contributed by atoms with Crippen molar-refractivity contribution >= 4 is 55.6 Å². The molecule has 2 aromatic heterocycles. The monoisotopic (exact) mass is 377 g/mol. The molecule has 4 nitrogen and oxygen atoms in total. The van der Waals surface area contributed by atoms with Gasteiger partial charge < -0.3 is 10.1 Å². The van der Waals surface area contributed by atoms with Crippen LogP contribution in [0.15, 0.2) is 53.0 Å². The molecule has 4 heterocycles. The predicted octanol–water partition coefficient (Wildman–Crippen LogP) is 4.96. The zero-order valence-electron chi connectivity index (χ0n) is 13.9. The second-order valence-corrected chi connectivity index (χ2v) is 8.85. The molecule has 26 heavy (non-hydrogen) atoms. The van der Waals surface area contributed by atoms with Crippen molar-refractivity contribution in [3.05, 3.63) is 53.7 Å². The van der Waals surface area contributed by atoms with Gasteiger partial charge in [0.05, 0.1) is 39.9 Å². The summed E-state index contributed by atoms with van der Waals surface area (Å²) in [5, 5.41) is 4.72. The van der Waals surface area contributed by atoms with Crippen LogP contribution >= 0.6 is 23.1 Å². The van der Waals surface area contributed by atoms with Crippen LogP contribution in [0.2, 0.25) is 0 Å². The van der Waals surface area contributed by atoms with Crippen molar-refractivity contribution in [1.29, 1.82) is 0 Å². The van der Waals surface area contributed by atoms with Crippen LogP contribution in [0.25, 0.3) is 21.1 Å². The van der Waals surface area contributed by atoms with Crippen LogP contribution in [0.1, 0.15) is 5.56 Å². The van der Waals surface area contributed by atoms with E-state index >= 15 is 0 Å². The maximum Gasteiger partial charge on any atom is 0.0832 e. The first-order chi connectivity index (χ1) is 12.8. The highest BCUT2D eigenvalue weighted by molar-refractivity contribution is 7.99. The van der Waals surface area contributed by atoms with Gasteiger partial charge >= 0.3 is 0 Å². The number of ether oxygens (including phenoxy) is 1. The maximum atomic E-state index is 5.51. The number of fused-ring (bicyclic) bond motifs is 4. The second kappa shape index (κ2) is 5.42. The Kier molecular flexibility index (Phi) is 3.12. The first-order valence-corrected chi connectivity index (χ1v) is 10.4. The number of benzene rings is 2. The van der Waals surface area contributed by atoms with Gasteiger partial charge in [-0.2, -0.15) is 0 Å². The number of thiazole rings is 1. The molecule has 1 spiro atoms. The van der Waals surface area contributed by atoms with E-state index in [0.29, 0.717) is 0 Å². The summed E-state index contributed by atoms with van der Waals surface area (Å²) in [7, 11) is 0. The van der Waals surface area contributed by atoms with Gasteiger partial charge in [-0.3, -0.25) is 4.98 Å². The van der Waals surface area contributed by atoms with E-state index in [1.54, 1.807) is 11.3 Å². The molecule has 0 radical (unpaired) electrons. The van der Waals surface area contributed by atoms with Crippen LogP contribution in [0.5, 0.6) is 0 Å². The molecule has 0 aliphatic carbocycles. The van der Waals surface area contributed by atoms with Crippen molar-refractivity contribution in [2.24, 2.45) is 0 Å². The Morgan fingerprint density at radius 3 is 2.88 bits per heavy atom. The highest BCUT2D eigenvalue weighted by atomic mass is 32.2. The van der Waals surface area contributed by atoms with Crippen molar-refractivity contribution in [2.45, 2.75) is 10.3 Å². The quantitative estimate of drug-likeness (QED) is 0.535. The third kappa shape index (κ3) is 2.13. The van der Waals surface area contributed by atoms with E-state index in [9.17, 15) is 0 Å². The lowest BCUT2D eigenvalue weighted by atomic mass is 9.80. The highest BCUT2D eigenvalue weighted by Gasteiger charge is 2.46. The van der Waals surface area contributed by atoms with Gasteiger partial charge in [0.1, 0.15) is 0 Å². The molecule has 0 atom stereocenters. The van der Waals surface area contributed by atoms with Gasteiger partial charge in [0.2, 0.25) is 0 Å². The molecule has 1 N–H and O–H groups in total. The molecule has 0 saturated carbocycles. The number of aromatic nitrogens is 2. The molecule has 0 unspecified atom stereocenters. The molecule has 2 aliphatic rings. The highest BCUT2D eigenvalue weighted by Crippen LogP contribution is 2.49. The summed E-state index contributed by atoms with van der Waals surface area (Å²) in [6.45, 7) is 1.67. The SMILES string of the molecule is c1cc(Nc2ccc3scnc3c2)c2cc3c(cc2n1)C1(COC1)CS3. The molecular formula is C20H15N3OS2. The lowest BCUT2D eigenvalue weighted by molar-refractivity contribution is -0.0466. The minimum absolute atomic E-state index is 0.217. The summed E-state index contributed by atoms with van der Waals surface area (Å²) in [6, 6.07) is 12.9. The number of pyridine rings is 1. The van der Waals surface area contributed by atoms with E-state index in [1.165, 1.54) is 15.2 Å². The fraction of sp³-hybridized carbons (Fsp3) is 0.200. The zero-order chi connectivity index (χ0) is 17.1. The Labute approximate surface area is 158 Å². The van der Waals surface area contributed by atoms with Gasteiger partial charge in [0.15, 0.2) is 0 Å². The molecule has 1 fully saturated rings. The normalized spacial score (nSPS) is 17.5. The smallest absolute Gasteiger partial charge is 0.0832 e. The van der Waals surface area contributed by atoms with Crippen LogP contribution < -0.4 is 5.32 Å². The van der Waals surface area contributed by atoms with Gasteiger partial charge in [-0.05, 0) is 42.0 Å². The Hall–Kier alpha value is -2.15. The third-order valence-electron chi connectivity index (χ3n) is 5.28. The van der Waals surface area contributed by atoms with E-state index in [1.807, 2.05) is 29.5 Å². The van der Waals surface area contributed by atoms with Crippen LogP contribution in [0, 0.1) is 0 Å². The van der Waals surface area contributed by atoms with Crippen LogP contribution in [-0.2, 0) is 10.2 Å². The number of thioether (sulfide) groups is 1. The average molecular weight is 377 g/mol. The zero-order valence-corrected chi connectivity index (χ0v) is 15.5. The van der Waals surface area contributed by atoms with Crippen LogP contribution in [0.3, 0.4) is 0 Å². The maximum absolute atomic E-state index is 5.51. The fourth-order valence-corrected chi connectivity index (χ4v) is 5.83.